The summed E-state index contributed by atoms with van der Waals surface area (Å²) >= 11 is 0. The van der Waals surface area contributed by atoms with E-state index >= 15 is 0 Å². The molecule has 0 radical (unpaired) electrons. The van der Waals surface area contributed by atoms with Crippen LogP contribution in [-0.4, -0.2) is 155 Å². The van der Waals surface area contributed by atoms with Crippen LogP contribution in [0.2, 0.25) is 0 Å². The first kappa shape index (κ1) is 43.5. The maximum absolute atomic E-state index is 14.3. The summed E-state index contributed by atoms with van der Waals surface area (Å²) in [6.45, 7) is 9.82. The standard InChI is InChI=1S/C44H56F2N12O6/c1-63-35-4-3-30(27-34(35)56-17-8-37(59)50-43(56)62)42(61)55-21-11-44(12-22-55)9-19-53(20-10-44)14-2-13-52-15-5-31(6-16-52)58-29-33(38(51-58)39(45)46)48-41(60)32-28-47-57-18-7-36(49-40(32)57)54-23-25-64-26-24-54/h3-4,7,18,27-29,31,39H,2,5-6,8-17,19-26H2,1H3,(H,48,60)(H,50,59,62). The predicted molar refractivity (Wildman–Crippen MR) is 232 cm³/mol. The molecule has 20 heteroatoms. The highest BCUT2D eigenvalue weighted by atomic mass is 19.3. The van der Waals surface area contributed by atoms with Crippen LogP contribution in [0.3, 0.4) is 0 Å². The quantitative estimate of drug-likeness (QED) is 0.205. The molecule has 2 N–H and O–H groups in total. The number of halogens is 2. The van der Waals surface area contributed by atoms with Crippen LogP contribution in [0.15, 0.2) is 42.9 Å². The molecule has 0 unspecified atom stereocenters. The third-order valence-corrected chi connectivity index (χ3v) is 13.8. The number of amides is 5. The number of carbonyl (C=O) groups is 4. The van der Waals surface area contributed by atoms with Crippen molar-refractivity contribution in [2.24, 2.45) is 5.41 Å². The van der Waals surface area contributed by atoms with Gasteiger partial charge in [-0.05, 0) is 101 Å². The number of nitrogens with zero attached hydrogens (tertiary/aromatic N) is 10. The van der Waals surface area contributed by atoms with Gasteiger partial charge in [-0.25, -0.2) is 23.1 Å². The third-order valence-electron chi connectivity index (χ3n) is 13.8. The molecule has 0 aliphatic carbocycles. The lowest BCUT2D eigenvalue weighted by atomic mass is 9.71. The number of hydrogen-bond acceptors (Lipinski definition) is 12. The van der Waals surface area contributed by atoms with Crippen LogP contribution >= 0.6 is 0 Å². The van der Waals surface area contributed by atoms with Gasteiger partial charge in [0, 0.05) is 70.2 Å². The summed E-state index contributed by atoms with van der Waals surface area (Å²) in [5.74, 6) is 0.190. The smallest absolute Gasteiger partial charge is 0.328 e. The summed E-state index contributed by atoms with van der Waals surface area (Å²) in [5, 5.41) is 13.5. The molecule has 1 aromatic carbocycles. The number of methoxy groups -OCH3 is 1. The second-order valence-corrected chi connectivity index (χ2v) is 17.6. The van der Waals surface area contributed by atoms with Gasteiger partial charge >= 0.3 is 6.03 Å². The molecular weight excluding hydrogens is 831 g/mol. The van der Waals surface area contributed by atoms with Gasteiger partial charge in [-0.1, -0.05) is 0 Å². The van der Waals surface area contributed by atoms with Crippen molar-refractivity contribution in [2.75, 3.05) is 107 Å². The molecule has 64 heavy (non-hydrogen) atoms. The summed E-state index contributed by atoms with van der Waals surface area (Å²) in [6, 6.07) is 6.38. The fourth-order valence-electron chi connectivity index (χ4n) is 9.90. The molecular formula is C44H56F2N12O6. The molecule has 8 heterocycles. The van der Waals surface area contributed by atoms with E-state index in [-0.39, 0.29) is 47.5 Å². The molecule has 0 atom stereocenters. The Morgan fingerprint density at radius 3 is 2.38 bits per heavy atom. The van der Waals surface area contributed by atoms with E-state index in [0.717, 1.165) is 84.2 Å². The van der Waals surface area contributed by atoms with Crippen LogP contribution in [0, 0.1) is 5.41 Å². The van der Waals surface area contributed by atoms with Crippen molar-refractivity contribution >= 4 is 46.6 Å². The summed E-state index contributed by atoms with van der Waals surface area (Å²) in [4.78, 5) is 66.5. The average Bonchev–Trinajstić information content (AvgIpc) is 3.95. The Labute approximate surface area is 369 Å². The maximum atomic E-state index is 14.3. The van der Waals surface area contributed by atoms with E-state index in [9.17, 15) is 28.0 Å². The normalized spacial score (nSPS) is 20.3. The summed E-state index contributed by atoms with van der Waals surface area (Å²) in [7, 11) is 1.51. The van der Waals surface area contributed by atoms with Crippen molar-refractivity contribution in [1.29, 1.82) is 0 Å². The number of carbonyl (C=O) groups excluding carboxylic acids is 4. The van der Waals surface area contributed by atoms with Gasteiger partial charge in [-0.3, -0.25) is 29.3 Å². The number of nitrogens with one attached hydrogen (secondary N) is 2. The van der Waals surface area contributed by atoms with Gasteiger partial charge in [-0.2, -0.15) is 10.2 Å². The van der Waals surface area contributed by atoms with Gasteiger partial charge < -0.3 is 34.4 Å². The SMILES string of the molecule is COc1ccc(C(=O)N2CCC3(CCN(CCCN4CCC(n5cc(NC(=O)c6cnn7ccc(N8CCOCC8)nc67)c(C(F)F)n5)CC4)CC3)CC2)cc1N1CCC(=O)NC1=O. The average molecular weight is 887 g/mol. The summed E-state index contributed by atoms with van der Waals surface area (Å²) < 4.78 is 42.5. The zero-order chi connectivity index (χ0) is 44.4. The van der Waals surface area contributed by atoms with Gasteiger partial charge in [0.15, 0.2) is 11.3 Å². The lowest BCUT2D eigenvalue weighted by Gasteiger charge is -2.47. The van der Waals surface area contributed by atoms with E-state index in [1.165, 1.54) is 28.9 Å². The molecule has 18 nitrogen and oxygen atoms in total. The zero-order valence-corrected chi connectivity index (χ0v) is 36.2. The number of morpholine rings is 1. The van der Waals surface area contributed by atoms with E-state index in [1.807, 2.05) is 11.0 Å². The van der Waals surface area contributed by atoms with Crippen molar-refractivity contribution in [2.45, 2.75) is 63.8 Å². The van der Waals surface area contributed by atoms with E-state index in [2.05, 4.69) is 40.5 Å². The van der Waals surface area contributed by atoms with E-state index in [0.29, 0.717) is 67.9 Å². The number of rotatable bonds is 12. The van der Waals surface area contributed by atoms with Crippen molar-refractivity contribution in [3.8, 4) is 5.75 Å². The molecule has 5 fully saturated rings. The van der Waals surface area contributed by atoms with Crippen LogP contribution in [0.25, 0.3) is 5.65 Å². The van der Waals surface area contributed by atoms with Crippen LogP contribution in [-0.2, 0) is 9.53 Å². The molecule has 5 amide bonds. The number of imide groups is 1. The fraction of sp³-hybridized carbons (Fsp3) is 0.568. The lowest BCUT2D eigenvalue weighted by molar-refractivity contribution is -0.120. The van der Waals surface area contributed by atoms with Crippen molar-refractivity contribution in [3.63, 3.8) is 0 Å². The number of piperidine rings is 3. The van der Waals surface area contributed by atoms with Crippen LogP contribution in [0.4, 0.5) is 30.8 Å². The number of hydrogen-bond donors (Lipinski definition) is 2. The van der Waals surface area contributed by atoms with Crippen LogP contribution in [0.5, 0.6) is 5.75 Å². The Morgan fingerprint density at radius 1 is 0.953 bits per heavy atom. The Kier molecular flexibility index (Phi) is 12.8. The van der Waals surface area contributed by atoms with E-state index in [1.54, 1.807) is 29.1 Å². The Balaban J connectivity index is 0.713. The molecule has 5 aliphatic rings. The lowest BCUT2D eigenvalue weighted by Crippen LogP contribution is -2.50. The van der Waals surface area contributed by atoms with Gasteiger partial charge in [0.05, 0.1) is 43.9 Å². The van der Waals surface area contributed by atoms with Crippen LogP contribution in [0.1, 0.15) is 90.2 Å². The van der Waals surface area contributed by atoms with Gasteiger partial charge in [0.1, 0.15) is 17.1 Å². The highest BCUT2D eigenvalue weighted by Gasteiger charge is 2.39. The number of ether oxygens (including phenoxy) is 2. The summed E-state index contributed by atoms with van der Waals surface area (Å²) in [6.07, 6.45) is 8.68. The maximum Gasteiger partial charge on any atom is 0.328 e. The molecule has 3 aromatic heterocycles. The molecule has 5 aliphatic heterocycles. The summed E-state index contributed by atoms with van der Waals surface area (Å²) in [5.41, 5.74) is 1.26. The first-order chi connectivity index (χ1) is 31.1. The third kappa shape index (κ3) is 9.26. The number of alkyl halides is 2. The minimum atomic E-state index is -2.86. The Morgan fingerprint density at radius 2 is 1.67 bits per heavy atom. The first-order valence-corrected chi connectivity index (χ1v) is 22.5. The van der Waals surface area contributed by atoms with Gasteiger partial charge in [-0.15, -0.1) is 0 Å². The van der Waals surface area contributed by atoms with Crippen LogP contribution < -0.4 is 25.2 Å². The molecule has 4 aromatic rings. The monoisotopic (exact) mass is 886 g/mol. The molecule has 9 rings (SSSR count). The second kappa shape index (κ2) is 18.8. The van der Waals surface area contributed by atoms with Crippen molar-refractivity contribution in [3.05, 3.63) is 59.7 Å². The first-order valence-electron chi connectivity index (χ1n) is 22.5. The molecule has 1 spiro atoms. The minimum Gasteiger partial charge on any atom is -0.495 e. The van der Waals surface area contributed by atoms with E-state index < -0.39 is 24.1 Å². The Hall–Kier alpha value is -5.73. The van der Waals surface area contributed by atoms with Crippen molar-refractivity contribution in [1.82, 2.24) is 44.4 Å². The molecule has 0 bridgehead atoms. The number of fused-ring (bicyclic) bond motifs is 1. The number of likely N-dealkylation sites (tertiary alicyclic amines) is 3. The number of benzene rings is 1. The largest absolute Gasteiger partial charge is 0.495 e. The number of anilines is 3. The predicted octanol–water partition coefficient (Wildman–Crippen LogP) is 4.45. The highest BCUT2D eigenvalue weighted by Crippen LogP contribution is 2.42. The number of urea groups is 1. The van der Waals surface area contributed by atoms with E-state index in [4.69, 9.17) is 9.47 Å². The second-order valence-electron chi connectivity index (χ2n) is 17.6. The molecule has 0 saturated carbocycles. The zero-order valence-electron chi connectivity index (χ0n) is 36.2. The van der Waals surface area contributed by atoms with Crippen molar-refractivity contribution < 1.29 is 37.4 Å². The fourth-order valence-corrected chi connectivity index (χ4v) is 9.90. The molecule has 5 saturated heterocycles. The highest BCUT2D eigenvalue weighted by molar-refractivity contribution is 6.09. The van der Waals surface area contributed by atoms with Gasteiger partial charge in [0.25, 0.3) is 18.2 Å². The Bertz CT molecular complexity index is 2340. The van der Waals surface area contributed by atoms with Gasteiger partial charge in [0.2, 0.25) is 5.91 Å². The molecule has 342 valence electrons. The minimum absolute atomic E-state index is 0.0114. The topological polar surface area (TPSA) is 175 Å². The number of aromatic nitrogens is 5.